The normalized spacial score (nSPS) is 20.4. The molecule has 1 aromatic carbocycles. The molecule has 2 aliphatic rings. The number of nitrogens with zero attached hydrogens (tertiary/aromatic N) is 4. The molecule has 0 saturated carbocycles. The number of hydrogen-bond donors (Lipinski definition) is 1. The van der Waals surface area contributed by atoms with Crippen LogP contribution < -0.4 is 9.47 Å². The summed E-state index contributed by atoms with van der Waals surface area (Å²) in [6, 6.07) is 9.30. The summed E-state index contributed by atoms with van der Waals surface area (Å²) in [7, 11) is 0. The van der Waals surface area contributed by atoms with Crippen LogP contribution in [-0.2, 0) is 27.4 Å². The summed E-state index contributed by atoms with van der Waals surface area (Å²) in [6.45, 7) is 4.42. The molecule has 1 N–H and O–H groups in total. The van der Waals surface area contributed by atoms with Gasteiger partial charge < -0.3 is 24.4 Å². The van der Waals surface area contributed by atoms with Crippen molar-refractivity contribution >= 4 is 29.1 Å². The van der Waals surface area contributed by atoms with Gasteiger partial charge in [-0.25, -0.2) is 0 Å². The Kier molecular flexibility index (Phi) is 11.8. The number of carboxylic acid groups (broad SMARTS) is 1. The Morgan fingerprint density at radius 1 is 1.04 bits per heavy atom. The van der Waals surface area contributed by atoms with Crippen molar-refractivity contribution in [3.63, 3.8) is 0 Å². The highest BCUT2D eigenvalue weighted by Gasteiger charge is 2.57. The molecule has 17 heteroatoms. The number of aliphatic carboxylic acids is 1. The first-order valence-corrected chi connectivity index (χ1v) is 18.5. The minimum absolute atomic E-state index is 0.0302. The molecule has 10 nitrogen and oxygen atoms in total. The second-order valence-electron chi connectivity index (χ2n) is 14.4. The molecule has 2 atom stereocenters. The van der Waals surface area contributed by atoms with Crippen LogP contribution in [0.15, 0.2) is 54.2 Å². The highest BCUT2D eigenvalue weighted by atomic mass is 32.1. The zero-order valence-electron chi connectivity index (χ0n) is 30.3. The number of halogens is 6. The van der Waals surface area contributed by atoms with Crippen LogP contribution in [0, 0.1) is 16.7 Å². The molecule has 0 radical (unpaired) electrons. The number of piperidine rings is 2. The Morgan fingerprint density at radius 3 is 2.33 bits per heavy atom. The summed E-state index contributed by atoms with van der Waals surface area (Å²) >= 11 is 0.354. The fourth-order valence-corrected chi connectivity index (χ4v) is 7.89. The zero-order chi connectivity index (χ0) is 40.4. The van der Waals surface area contributed by atoms with E-state index >= 15 is 0 Å². The first kappa shape index (κ1) is 41.3. The molecule has 0 aliphatic carbocycles. The van der Waals surface area contributed by atoms with E-state index in [2.05, 4.69) is 11.1 Å². The Labute approximate surface area is 317 Å². The SMILES string of the molecule is CCCC1N(C(=O)c2cnccc2C(F)(F)F)CCCC1(Oc1csc(C(F)(F)F)c1)C(=O)N1CCC(C#N)(c2ccccc2OCC(C)(C)C(=O)O)CC1. The van der Waals surface area contributed by atoms with Crippen LogP contribution in [0.25, 0.3) is 0 Å². The maximum atomic E-state index is 15.0. The third-order valence-electron chi connectivity index (χ3n) is 10.2. The lowest BCUT2D eigenvalue weighted by molar-refractivity contribution is -0.160. The largest absolute Gasteiger partial charge is 0.492 e. The molecule has 2 fully saturated rings. The van der Waals surface area contributed by atoms with Gasteiger partial charge in [0.2, 0.25) is 5.60 Å². The predicted molar refractivity (Wildman–Crippen MR) is 187 cm³/mol. The fraction of sp³-hybridized carbons (Fsp3) is 0.500. The average Bonchev–Trinajstić information content (AvgIpc) is 3.63. The maximum Gasteiger partial charge on any atom is 0.425 e. The van der Waals surface area contributed by atoms with Gasteiger partial charge in [0, 0.05) is 55.5 Å². The Bertz CT molecular complexity index is 1930. The Morgan fingerprint density at radius 2 is 1.73 bits per heavy atom. The molecular weight excluding hydrogens is 754 g/mol. The van der Waals surface area contributed by atoms with Gasteiger partial charge in [0.05, 0.1) is 34.1 Å². The van der Waals surface area contributed by atoms with Gasteiger partial charge in [-0.2, -0.15) is 31.6 Å². The molecule has 296 valence electrons. The van der Waals surface area contributed by atoms with Crippen LogP contribution in [0.1, 0.15) is 85.7 Å². The van der Waals surface area contributed by atoms with Crippen LogP contribution in [0.3, 0.4) is 0 Å². The van der Waals surface area contributed by atoms with Gasteiger partial charge >= 0.3 is 18.3 Å². The van der Waals surface area contributed by atoms with Gasteiger partial charge in [-0.05, 0) is 51.7 Å². The van der Waals surface area contributed by atoms with E-state index < -0.39 is 68.6 Å². The number of nitriles is 1. The summed E-state index contributed by atoms with van der Waals surface area (Å²) in [4.78, 5) is 46.1. The van der Waals surface area contributed by atoms with Gasteiger partial charge in [-0.1, -0.05) is 31.5 Å². The second kappa shape index (κ2) is 15.7. The third kappa shape index (κ3) is 8.39. The number of hydrogen-bond acceptors (Lipinski definition) is 8. The number of pyridine rings is 1. The first-order valence-electron chi connectivity index (χ1n) is 17.6. The van der Waals surface area contributed by atoms with E-state index in [0.29, 0.717) is 35.1 Å². The molecule has 0 bridgehead atoms. The number of ether oxygens (including phenoxy) is 2. The van der Waals surface area contributed by atoms with Crippen LogP contribution in [0.5, 0.6) is 11.5 Å². The van der Waals surface area contributed by atoms with Crippen molar-refractivity contribution in [1.29, 1.82) is 5.26 Å². The molecule has 55 heavy (non-hydrogen) atoms. The fourth-order valence-electron chi connectivity index (χ4n) is 7.21. The number of rotatable bonds is 11. The van der Waals surface area contributed by atoms with Crippen LogP contribution in [-0.4, -0.2) is 75.6 Å². The van der Waals surface area contributed by atoms with E-state index in [1.165, 1.54) is 18.7 Å². The lowest BCUT2D eigenvalue weighted by Crippen LogP contribution is -2.68. The third-order valence-corrected chi connectivity index (χ3v) is 11.2. The van der Waals surface area contributed by atoms with Gasteiger partial charge in [-0.15, -0.1) is 11.3 Å². The number of thiophene rings is 1. The molecule has 2 saturated heterocycles. The quantitative estimate of drug-likeness (QED) is 0.193. The summed E-state index contributed by atoms with van der Waals surface area (Å²) < 4.78 is 95.6. The summed E-state index contributed by atoms with van der Waals surface area (Å²) in [6.07, 6.45) is -7.36. The Hall–Kier alpha value is -4.85. The van der Waals surface area contributed by atoms with Crippen molar-refractivity contribution in [3.05, 3.63) is 75.7 Å². The molecule has 5 rings (SSSR count). The Balaban J connectivity index is 1.52. The zero-order valence-corrected chi connectivity index (χ0v) is 31.1. The summed E-state index contributed by atoms with van der Waals surface area (Å²) in [5, 5.41) is 21.2. The minimum Gasteiger partial charge on any atom is -0.492 e. The monoisotopic (exact) mass is 794 g/mol. The van der Waals surface area contributed by atoms with E-state index in [1.54, 1.807) is 31.2 Å². The lowest BCUT2D eigenvalue weighted by Gasteiger charge is -2.51. The van der Waals surface area contributed by atoms with Gasteiger partial charge in [-0.3, -0.25) is 19.4 Å². The first-order chi connectivity index (χ1) is 25.8. The number of para-hydroxylation sites is 1. The average molecular weight is 795 g/mol. The number of benzene rings is 1. The van der Waals surface area contributed by atoms with Crippen molar-refractivity contribution in [2.75, 3.05) is 26.2 Å². The van der Waals surface area contributed by atoms with E-state index in [9.17, 15) is 51.1 Å². The number of carboxylic acids is 1. The smallest absolute Gasteiger partial charge is 0.425 e. The highest BCUT2D eigenvalue weighted by molar-refractivity contribution is 7.10. The van der Waals surface area contributed by atoms with Crippen molar-refractivity contribution in [2.24, 2.45) is 5.41 Å². The predicted octanol–water partition coefficient (Wildman–Crippen LogP) is 7.98. The van der Waals surface area contributed by atoms with Crippen molar-refractivity contribution < 1.29 is 55.3 Å². The molecule has 2 unspecified atom stereocenters. The van der Waals surface area contributed by atoms with E-state index in [4.69, 9.17) is 9.47 Å². The summed E-state index contributed by atoms with van der Waals surface area (Å²) in [5.41, 5.74) is -5.90. The molecule has 3 aromatic rings. The number of amides is 2. The molecule has 0 spiro atoms. The second-order valence-corrected chi connectivity index (χ2v) is 15.3. The molecular formula is C38H40F6N4O6S. The van der Waals surface area contributed by atoms with Crippen LogP contribution in [0.4, 0.5) is 26.3 Å². The highest BCUT2D eigenvalue weighted by Crippen LogP contribution is 2.45. The molecule has 2 aliphatic heterocycles. The number of likely N-dealkylation sites (tertiary alicyclic amines) is 2. The number of alkyl halides is 6. The van der Waals surface area contributed by atoms with Crippen LogP contribution >= 0.6 is 11.3 Å². The maximum absolute atomic E-state index is 15.0. The number of carbonyl (C=O) groups excluding carboxylic acids is 2. The minimum atomic E-state index is -4.91. The van der Waals surface area contributed by atoms with Gasteiger partial charge in [0.25, 0.3) is 11.8 Å². The standard InChI is InChI=1S/C38H40F6N4O6S/c1-4-8-29-36(54-24-19-30(55-21-24)38(42,43)44,12-7-16-48(29)31(49)25-20-46-15-11-26(25)37(39,40)41)32(50)47-17-13-35(22-45,14-18-47)27-9-5-6-10-28(27)53-23-34(2,3)33(51)52/h5-6,9-11,15,19-21,29H,4,7-8,12-14,16-18,23H2,1-3H3,(H,51,52). The summed E-state index contributed by atoms with van der Waals surface area (Å²) in [5.74, 6) is -2.79. The van der Waals surface area contributed by atoms with Crippen molar-refractivity contribution in [2.45, 2.75) is 88.7 Å². The van der Waals surface area contributed by atoms with E-state index in [0.717, 1.165) is 28.7 Å². The molecule has 2 aromatic heterocycles. The van der Waals surface area contributed by atoms with Gasteiger partial charge in [0.15, 0.2) is 0 Å². The number of carbonyl (C=O) groups is 3. The lowest BCUT2D eigenvalue weighted by atomic mass is 9.72. The van der Waals surface area contributed by atoms with E-state index in [1.807, 2.05) is 0 Å². The number of aromatic nitrogens is 1. The van der Waals surface area contributed by atoms with Gasteiger partial charge in [0.1, 0.15) is 23.0 Å². The van der Waals surface area contributed by atoms with Crippen molar-refractivity contribution in [1.82, 2.24) is 14.8 Å². The molecule has 2 amide bonds. The topological polar surface area (TPSA) is 133 Å². The molecule has 4 heterocycles. The van der Waals surface area contributed by atoms with E-state index in [-0.39, 0.29) is 64.1 Å². The van der Waals surface area contributed by atoms with Crippen molar-refractivity contribution in [3.8, 4) is 17.6 Å². The van der Waals surface area contributed by atoms with Crippen LogP contribution in [0.2, 0.25) is 0 Å².